The van der Waals surface area contributed by atoms with Gasteiger partial charge in [0.25, 0.3) is 0 Å². The normalized spacial score (nSPS) is 12.2. The second-order valence-electron chi connectivity index (χ2n) is 5.67. The van der Waals surface area contributed by atoms with Gasteiger partial charge in [0.1, 0.15) is 11.4 Å². The summed E-state index contributed by atoms with van der Waals surface area (Å²) in [4.78, 5) is 13.9. The van der Waals surface area contributed by atoms with Gasteiger partial charge in [-0.25, -0.2) is 0 Å². The summed E-state index contributed by atoms with van der Waals surface area (Å²) in [6.45, 7) is 2.33. The fraction of sp³-hybridized carbons (Fsp3) is 0.412. The lowest BCUT2D eigenvalue weighted by Gasteiger charge is -2.18. The highest BCUT2D eigenvalue weighted by Gasteiger charge is 2.13. The number of nitrogens with one attached hydrogen (secondary N) is 1. The predicted octanol–water partition coefficient (Wildman–Crippen LogP) is 2.31. The van der Waals surface area contributed by atoms with Crippen molar-refractivity contribution in [3.8, 4) is 17.0 Å². The Hall–Kier alpha value is -2.34. The Morgan fingerprint density at radius 2 is 2.13 bits per heavy atom. The second-order valence-corrected chi connectivity index (χ2v) is 5.67. The Labute approximate surface area is 136 Å². The molecule has 0 spiro atoms. The molecule has 1 atom stereocenters. The van der Waals surface area contributed by atoms with Crippen LogP contribution in [0.3, 0.4) is 0 Å². The van der Waals surface area contributed by atoms with Crippen molar-refractivity contribution in [3.05, 3.63) is 36.1 Å². The van der Waals surface area contributed by atoms with Crippen molar-refractivity contribution in [3.63, 3.8) is 0 Å². The zero-order valence-corrected chi connectivity index (χ0v) is 14.0. The van der Waals surface area contributed by atoms with E-state index in [1.807, 2.05) is 56.3 Å². The summed E-state index contributed by atoms with van der Waals surface area (Å²) in [5.74, 6) is 1.33. The van der Waals surface area contributed by atoms with Crippen molar-refractivity contribution >= 4 is 5.91 Å². The van der Waals surface area contributed by atoms with Crippen molar-refractivity contribution in [1.29, 1.82) is 0 Å². The molecule has 0 saturated carbocycles. The molecule has 1 heterocycles. The maximum Gasteiger partial charge on any atom is 0.221 e. The summed E-state index contributed by atoms with van der Waals surface area (Å²) in [6.07, 6.45) is 0.445. The molecular weight excluding hydrogens is 294 g/mol. The maximum absolute atomic E-state index is 11.9. The molecule has 6 nitrogen and oxygen atoms in total. The third-order valence-electron chi connectivity index (χ3n) is 3.76. The third-order valence-corrected chi connectivity index (χ3v) is 3.76. The number of nitrogens with zero attached hydrogens (tertiary/aromatic N) is 2. The monoisotopic (exact) mass is 317 g/mol. The average molecular weight is 317 g/mol. The number of amides is 1. The molecule has 0 fully saturated rings. The molecule has 1 N–H and O–H groups in total. The van der Waals surface area contributed by atoms with E-state index in [4.69, 9.17) is 9.26 Å². The molecule has 0 aliphatic heterocycles. The molecule has 0 aliphatic rings. The molecule has 1 aromatic carbocycles. The van der Waals surface area contributed by atoms with Crippen molar-refractivity contribution < 1.29 is 14.1 Å². The number of carbonyl (C=O) groups is 1. The standard InChI is InChI=1S/C17H23N3O3/c1-12(20(2)3)9-17(21)18-11-13-10-15(19-23-13)14-7-5-6-8-16(14)22-4/h5-8,10,12H,9,11H2,1-4H3,(H,18,21). The lowest BCUT2D eigenvalue weighted by atomic mass is 10.1. The van der Waals surface area contributed by atoms with Gasteiger partial charge in [0, 0.05) is 24.1 Å². The highest BCUT2D eigenvalue weighted by Crippen LogP contribution is 2.28. The number of hydrogen-bond donors (Lipinski definition) is 1. The molecule has 1 amide bonds. The molecule has 0 saturated heterocycles. The number of rotatable bonds is 7. The summed E-state index contributed by atoms with van der Waals surface area (Å²) in [5, 5.41) is 6.90. The first-order valence-electron chi connectivity index (χ1n) is 7.53. The quantitative estimate of drug-likeness (QED) is 0.849. The molecule has 1 aromatic heterocycles. The number of methoxy groups -OCH3 is 1. The minimum Gasteiger partial charge on any atom is -0.496 e. The molecule has 23 heavy (non-hydrogen) atoms. The Bertz CT molecular complexity index is 652. The Morgan fingerprint density at radius 3 is 2.83 bits per heavy atom. The zero-order valence-electron chi connectivity index (χ0n) is 14.0. The molecule has 0 bridgehead atoms. The van der Waals surface area contributed by atoms with E-state index in [0.717, 1.165) is 11.3 Å². The van der Waals surface area contributed by atoms with Crippen molar-refractivity contribution in [2.45, 2.75) is 25.9 Å². The first-order chi connectivity index (χ1) is 11.0. The number of carbonyl (C=O) groups excluding carboxylic acids is 1. The maximum atomic E-state index is 11.9. The molecule has 2 rings (SSSR count). The molecular formula is C17H23N3O3. The van der Waals surface area contributed by atoms with Crippen LogP contribution in [-0.2, 0) is 11.3 Å². The van der Waals surface area contributed by atoms with Crippen LogP contribution >= 0.6 is 0 Å². The minimum atomic E-state index is -0.0126. The van der Waals surface area contributed by atoms with E-state index in [1.54, 1.807) is 7.11 Å². The lowest BCUT2D eigenvalue weighted by molar-refractivity contribution is -0.122. The number of para-hydroxylation sites is 1. The van der Waals surface area contributed by atoms with E-state index in [2.05, 4.69) is 10.5 Å². The second kappa shape index (κ2) is 7.78. The summed E-state index contributed by atoms with van der Waals surface area (Å²) < 4.78 is 10.6. The van der Waals surface area contributed by atoms with Crippen LogP contribution < -0.4 is 10.1 Å². The fourth-order valence-electron chi connectivity index (χ4n) is 2.09. The van der Waals surface area contributed by atoms with Crippen LogP contribution in [0.1, 0.15) is 19.1 Å². The van der Waals surface area contributed by atoms with Crippen LogP contribution in [0.4, 0.5) is 0 Å². The zero-order chi connectivity index (χ0) is 16.8. The molecule has 124 valence electrons. The van der Waals surface area contributed by atoms with Gasteiger partial charge < -0.3 is 19.5 Å². The van der Waals surface area contributed by atoms with E-state index in [-0.39, 0.29) is 11.9 Å². The third kappa shape index (κ3) is 4.56. The Kier molecular flexibility index (Phi) is 5.76. The van der Waals surface area contributed by atoms with E-state index < -0.39 is 0 Å². The average Bonchev–Trinajstić information content (AvgIpc) is 3.01. The van der Waals surface area contributed by atoms with Gasteiger partial charge >= 0.3 is 0 Å². The first kappa shape index (κ1) is 17.0. The van der Waals surface area contributed by atoms with E-state index in [9.17, 15) is 4.79 Å². The van der Waals surface area contributed by atoms with Crippen LogP contribution in [0.5, 0.6) is 5.75 Å². The molecule has 0 aliphatic carbocycles. The summed E-state index contributed by atoms with van der Waals surface area (Å²) in [5.41, 5.74) is 1.55. The van der Waals surface area contributed by atoms with Gasteiger partial charge in [-0.05, 0) is 33.2 Å². The fourth-order valence-corrected chi connectivity index (χ4v) is 2.09. The number of ether oxygens (including phenoxy) is 1. The van der Waals surface area contributed by atoms with Crippen LogP contribution in [0.15, 0.2) is 34.9 Å². The Balaban J connectivity index is 1.96. The van der Waals surface area contributed by atoms with Crippen LogP contribution in [-0.4, -0.2) is 43.2 Å². The molecule has 1 unspecified atom stereocenters. The number of hydrogen-bond acceptors (Lipinski definition) is 5. The topological polar surface area (TPSA) is 67.6 Å². The number of aromatic nitrogens is 1. The van der Waals surface area contributed by atoms with Crippen LogP contribution in [0.25, 0.3) is 11.3 Å². The van der Waals surface area contributed by atoms with Crippen molar-refractivity contribution in [2.24, 2.45) is 0 Å². The largest absolute Gasteiger partial charge is 0.496 e. The summed E-state index contributed by atoms with van der Waals surface area (Å²) in [7, 11) is 5.52. The van der Waals surface area contributed by atoms with E-state index in [0.29, 0.717) is 24.4 Å². The molecule has 2 aromatic rings. The Morgan fingerprint density at radius 1 is 1.39 bits per heavy atom. The van der Waals surface area contributed by atoms with Gasteiger partial charge in [0.05, 0.1) is 13.7 Å². The van der Waals surface area contributed by atoms with Gasteiger partial charge in [-0.15, -0.1) is 0 Å². The summed E-state index contributed by atoms with van der Waals surface area (Å²) in [6, 6.07) is 9.60. The highest BCUT2D eigenvalue weighted by molar-refractivity contribution is 5.76. The van der Waals surface area contributed by atoms with E-state index >= 15 is 0 Å². The molecule has 0 radical (unpaired) electrons. The molecule has 6 heteroatoms. The predicted molar refractivity (Wildman–Crippen MR) is 88.1 cm³/mol. The van der Waals surface area contributed by atoms with Crippen LogP contribution in [0.2, 0.25) is 0 Å². The van der Waals surface area contributed by atoms with Gasteiger partial charge in [0.2, 0.25) is 5.91 Å². The van der Waals surface area contributed by atoms with Gasteiger partial charge in [0.15, 0.2) is 5.76 Å². The van der Waals surface area contributed by atoms with Crippen molar-refractivity contribution in [2.75, 3.05) is 21.2 Å². The van der Waals surface area contributed by atoms with E-state index in [1.165, 1.54) is 0 Å². The number of benzene rings is 1. The highest BCUT2D eigenvalue weighted by atomic mass is 16.5. The lowest BCUT2D eigenvalue weighted by Crippen LogP contribution is -2.32. The SMILES string of the molecule is COc1ccccc1-c1cc(CNC(=O)CC(C)N(C)C)on1. The van der Waals surface area contributed by atoms with Gasteiger partial charge in [-0.1, -0.05) is 17.3 Å². The summed E-state index contributed by atoms with van der Waals surface area (Å²) >= 11 is 0. The smallest absolute Gasteiger partial charge is 0.221 e. The first-order valence-corrected chi connectivity index (χ1v) is 7.53. The van der Waals surface area contributed by atoms with Gasteiger partial charge in [-0.3, -0.25) is 4.79 Å². The van der Waals surface area contributed by atoms with Crippen molar-refractivity contribution in [1.82, 2.24) is 15.4 Å². The minimum absolute atomic E-state index is 0.0126. The van der Waals surface area contributed by atoms with Crippen LogP contribution in [0, 0.1) is 0 Å². The van der Waals surface area contributed by atoms with Gasteiger partial charge in [-0.2, -0.15) is 0 Å².